The average Bonchev–Trinajstić information content (AvgIpc) is 2.64. The van der Waals surface area contributed by atoms with E-state index >= 15 is 0 Å². The summed E-state index contributed by atoms with van der Waals surface area (Å²) in [5.41, 5.74) is 2.69. The Balaban J connectivity index is 2.29. The lowest BCUT2D eigenvalue weighted by molar-refractivity contribution is 0.685. The molecule has 0 radical (unpaired) electrons. The van der Waals surface area contributed by atoms with E-state index in [4.69, 9.17) is 5.26 Å². The number of rotatable bonds is 2. The summed E-state index contributed by atoms with van der Waals surface area (Å²) in [5.74, 6) is 0.0960. The summed E-state index contributed by atoms with van der Waals surface area (Å²) in [5, 5.41) is 8.45. The van der Waals surface area contributed by atoms with E-state index in [9.17, 15) is 4.21 Å². The fourth-order valence-corrected chi connectivity index (χ4v) is 2.61. The Hall–Kier alpha value is -1.14. The van der Waals surface area contributed by atoms with E-state index in [0.717, 1.165) is 17.7 Å². The molecule has 72 valence electrons. The molecule has 0 heterocycles. The molecular formula is C11H11NOS. The monoisotopic (exact) mass is 205 g/mol. The summed E-state index contributed by atoms with van der Waals surface area (Å²) in [6, 6.07) is 7.86. The molecule has 1 aliphatic carbocycles. The number of hydrogen-bond donors (Lipinski definition) is 0. The van der Waals surface area contributed by atoms with Crippen molar-refractivity contribution < 1.29 is 4.21 Å². The van der Waals surface area contributed by atoms with Crippen molar-refractivity contribution in [2.75, 3.05) is 5.75 Å². The summed E-state index contributed by atoms with van der Waals surface area (Å²) in [4.78, 5) is 0.798. The summed E-state index contributed by atoms with van der Waals surface area (Å²) in [7, 11) is -1.14. The van der Waals surface area contributed by atoms with Gasteiger partial charge in [-0.15, -0.1) is 0 Å². The summed E-state index contributed by atoms with van der Waals surface area (Å²) < 4.78 is 11.5. The molecule has 0 bridgehead atoms. The van der Waals surface area contributed by atoms with E-state index in [-0.39, 0.29) is 5.75 Å². The largest absolute Gasteiger partial charge is 0.253 e. The van der Waals surface area contributed by atoms with Crippen LogP contribution in [0.5, 0.6) is 0 Å². The van der Waals surface area contributed by atoms with Crippen LogP contribution in [-0.4, -0.2) is 9.96 Å². The zero-order chi connectivity index (χ0) is 9.97. The van der Waals surface area contributed by atoms with Crippen molar-refractivity contribution in [2.24, 2.45) is 0 Å². The van der Waals surface area contributed by atoms with Crippen molar-refractivity contribution in [1.82, 2.24) is 0 Å². The number of nitrogens with zero attached hydrogens (tertiary/aromatic N) is 1. The highest BCUT2D eigenvalue weighted by Crippen LogP contribution is 2.23. The molecule has 0 amide bonds. The van der Waals surface area contributed by atoms with Gasteiger partial charge >= 0.3 is 0 Å². The predicted molar refractivity (Wildman–Crippen MR) is 55.4 cm³/mol. The molecule has 14 heavy (non-hydrogen) atoms. The van der Waals surface area contributed by atoms with Crippen LogP contribution < -0.4 is 0 Å². The second kappa shape index (κ2) is 3.93. The lowest BCUT2D eigenvalue weighted by atomic mass is 10.1. The minimum atomic E-state index is -1.14. The smallest absolute Gasteiger partial charge is 0.115 e. The molecule has 0 fully saturated rings. The molecule has 0 aromatic heterocycles. The first-order chi connectivity index (χ1) is 6.81. The lowest BCUT2D eigenvalue weighted by Gasteiger charge is -2.02. The maximum absolute atomic E-state index is 11.5. The van der Waals surface area contributed by atoms with Crippen molar-refractivity contribution >= 4 is 10.8 Å². The third-order valence-electron chi connectivity index (χ3n) is 2.53. The quantitative estimate of drug-likeness (QED) is 0.738. The van der Waals surface area contributed by atoms with Gasteiger partial charge in [0.15, 0.2) is 0 Å². The molecule has 2 rings (SSSR count). The Morgan fingerprint density at radius 2 is 2.14 bits per heavy atom. The van der Waals surface area contributed by atoms with Gasteiger partial charge < -0.3 is 0 Å². The minimum Gasteiger partial charge on any atom is -0.253 e. The maximum Gasteiger partial charge on any atom is 0.115 e. The molecule has 0 saturated heterocycles. The summed E-state index contributed by atoms with van der Waals surface area (Å²) in [6.45, 7) is 0. The molecule has 3 heteroatoms. The number of nitriles is 1. The van der Waals surface area contributed by atoms with Crippen LogP contribution in [0.25, 0.3) is 0 Å². The first-order valence-corrected chi connectivity index (χ1v) is 6.00. The maximum atomic E-state index is 11.5. The van der Waals surface area contributed by atoms with Crippen LogP contribution in [0.1, 0.15) is 17.5 Å². The van der Waals surface area contributed by atoms with Crippen molar-refractivity contribution in [3.8, 4) is 6.07 Å². The number of benzene rings is 1. The Bertz CT molecular complexity index is 420. The normalized spacial score (nSPS) is 15.9. The molecular weight excluding hydrogens is 194 g/mol. The topological polar surface area (TPSA) is 40.9 Å². The van der Waals surface area contributed by atoms with Crippen molar-refractivity contribution in [3.05, 3.63) is 29.3 Å². The van der Waals surface area contributed by atoms with E-state index in [1.165, 1.54) is 17.5 Å². The number of fused-ring (bicyclic) bond motifs is 1. The third kappa shape index (κ3) is 1.71. The van der Waals surface area contributed by atoms with Gasteiger partial charge in [-0.25, -0.2) is 0 Å². The number of aryl methyl sites for hydroxylation is 2. The first-order valence-electron chi connectivity index (χ1n) is 4.68. The van der Waals surface area contributed by atoms with E-state index in [1.54, 1.807) is 0 Å². The van der Waals surface area contributed by atoms with Crippen molar-refractivity contribution in [2.45, 2.75) is 24.2 Å². The van der Waals surface area contributed by atoms with E-state index in [2.05, 4.69) is 0 Å². The van der Waals surface area contributed by atoms with Crippen molar-refractivity contribution in [3.63, 3.8) is 0 Å². The Labute approximate surface area is 86.0 Å². The third-order valence-corrected chi connectivity index (χ3v) is 3.70. The number of hydrogen-bond acceptors (Lipinski definition) is 2. The first kappa shape index (κ1) is 9.42. The molecule has 0 aliphatic heterocycles. The van der Waals surface area contributed by atoms with Gasteiger partial charge in [-0.1, -0.05) is 6.07 Å². The molecule has 0 saturated carbocycles. The highest BCUT2D eigenvalue weighted by molar-refractivity contribution is 7.85. The Morgan fingerprint density at radius 1 is 1.36 bits per heavy atom. The molecule has 1 aromatic carbocycles. The van der Waals surface area contributed by atoms with Crippen LogP contribution in [0.2, 0.25) is 0 Å². The summed E-state index contributed by atoms with van der Waals surface area (Å²) >= 11 is 0. The molecule has 1 atom stereocenters. The minimum absolute atomic E-state index is 0.0960. The molecule has 0 spiro atoms. The van der Waals surface area contributed by atoms with Crippen LogP contribution >= 0.6 is 0 Å². The van der Waals surface area contributed by atoms with Gasteiger partial charge in [-0.05, 0) is 42.5 Å². The molecule has 1 aliphatic rings. The Morgan fingerprint density at radius 3 is 2.93 bits per heavy atom. The highest BCUT2D eigenvalue weighted by atomic mass is 32.2. The zero-order valence-electron chi connectivity index (χ0n) is 7.82. The Kier molecular flexibility index (Phi) is 2.64. The van der Waals surface area contributed by atoms with Gasteiger partial charge in [-0.2, -0.15) is 5.26 Å². The average molecular weight is 205 g/mol. The molecule has 0 N–H and O–H groups in total. The highest BCUT2D eigenvalue weighted by Gasteiger charge is 2.12. The lowest BCUT2D eigenvalue weighted by Crippen LogP contribution is -1.96. The second-order valence-electron chi connectivity index (χ2n) is 3.43. The fourth-order valence-electron chi connectivity index (χ4n) is 1.83. The predicted octanol–water partition coefficient (Wildman–Crippen LogP) is 1.81. The van der Waals surface area contributed by atoms with Crippen LogP contribution in [0.3, 0.4) is 0 Å². The van der Waals surface area contributed by atoms with Crippen LogP contribution in [0.4, 0.5) is 0 Å². The zero-order valence-corrected chi connectivity index (χ0v) is 8.64. The van der Waals surface area contributed by atoms with Gasteiger partial charge in [-0.3, -0.25) is 4.21 Å². The fraction of sp³-hybridized carbons (Fsp3) is 0.364. The van der Waals surface area contributed by atoms with Gasteiger partial charge in [0, 0.05) is 4.90 Å². The van der Waals surface area contributed by atoms with Gasteiger partial charge in [0.2, 0.25) is 0 Å². The van der Waals surface area contributed by atoms with Gasteiger partial charge in [0.1, 0.15) is 5.75 Å². The van der Waals surface area contributed by atoms with Crippen LogP contribution in [-0.2, 0) is 23.6 Å². The van der Waals surface area contributed by atoms with E-state index in [0.29, 0.717) is 0 Å². The van der Waals surface area contributed by atoms with Crippen molar-refractivity contribution in [1.29, 1.82) is 5.26 Å². The molecule has 2 nitrogen and oxygen atoms in total. The van der Waals surface area contributed by atoms with Gasteiger partial charge in [0.05, 0.1) is 16.9 Å². The van der Waals surface area contributed by atoms with Crippen LogP contribution in [0, 0.1) is 11.3 Å². The standard InChI is InChI=1S/C11H11NOS/c12-6-7-14(13)11-5-4-9-2-1-3-10(9)8-11/h4-5,8H,1-3,7H2. The van der Waals surface area contributed by atoms with E-state index < -0.39 is 10.8 Å². The van der Waals surface area contributed by atoms with E-state index in [1.807, 2.05) is 24.3 Å². The van der Waals surface area contributed by atoms with Crippen LogP contribution in [0.15, 0.2) is 23.1 Å². The molecule has 1 aromatic rings. The van der Waals surface area contributed by atoms with Gasteiger partial charge in [0.25, 0.3) is 0 Å². The summed E-state index contributed by atoms with van der Waals surface area (Å²) in [6.07, 6.45) is 3.43. The molecule has 1 unspecified atom stereocenters. The SMILES string of the molecule is N#CCS(=O)c1ccc2c(c1)CCC2. The second-order valence-corrected chi connectivity index (χ2v) is 4.88.